The van der Waals surface area contributed by atoms with Gasteiger partial charge in [0.2, 0.25) is 0 Å². The fourth-order valence-electron chi connectivity index (χ4n) is 2.43. The highest BCUT2D eigenvalue weighted by Crippen LogP contribution is 2.28. The summed E-state index contributed by atoms with van der Waals surface area (Å²) in [5.41, 5.74) is 1.07. The molecule has 4 nitrogen and oxygen atoms in total. The quantitative estimate of drug-likeness (QED) is 0.801. The first kappa shape index (κ1) is 16.7. The lowest BCUT2D eigenvalue weighted by Crippen LogP contribution is -2.46. The molecule has 0 heterocycles. The highest BCUT2D eigenvalue weighted by Gasteiger charge is 2.47. The van der Waals surface area contributed by atoms with Gasteiger partial charge in [0.05, 0.1) is 5.75 Å². The Balaban J connectivity index is 2.76. The van der Waals surface area contributed by atoms with Crippen LogP contribution in [0.2, 0.25) is 0 Å². The van der Waals surface area contributed by atoms with Gasteiger partial charge < -0.3 is 5.11 Å². The van der Waals surface area contributed by atoms with Gasteiger partial charge in [-0.15, -0.1) is 0 Å². The lowest BCUT2D eigenvalue weighted by molar-refractivity contribution is -0.140. The SMILES string of the molecule is CCC(CC)(C(=O)O)S(=O)(=O)CCCc1ccccc1. The largest absolute Gasteiger partial charge is 0.480 e. The Kier molecular flexibility index (Phi) is 5.74. The maximum Gasteiger partial charge on any atom is 0.325 e. The molecule has 0 radical (unpaired) electrons. The topological polar surface area (TPSA) is 71.4 Å². The van der Waals surface area contributed by atoms with Crippen molar-refractivity contribution in [3.63, 3.8) is 0 Å². The number of sulfone groups is 1. The molecule has 112 valence electrons. The van der Waals surface area contributed by atoms with Gasteiger partial charge in [0, 0.05) is 0 Å². The summed E-state index contributed by atoms with van der Waals surface area (Å²) in [7, 11) is -3.65. The fraction of sp³-hybridized carbons (Fsp3) is 0.533. The van der Waals surface area contributed by atoms with Gasteiger partial charge in [0.1, 0.15) is 0 Å². The van der Waals surface area contributed by atoms with Gasteiger partial charge >= 0.3 is 5.97 Å². The molecule has 0 aliphatic rings. The Labute approximate surface area is 120 Å². The van der Waals surface area contributed by atoms with Crippen LogP contribution in [-0.4, -0.2) is 30.0 Å². The molecule has 0 bridgehead atoms. The number of carbonyl (C=O) groups is 1. The first-order valence-corrected chi connectivity index (χ1v) is 8.54. The molecular weight excluding hydrogens is 276 g/mol. The molecule has 1 rings (SSSR count). The molecule has 0 spiro atoms. The van der Waals surface area contributed by atoms with Crippen LogP contribution in [0, 0.1) is 0 Å². The molecular formula is C15H22O4S. The molecule has 0 aliphatic carbocycles. The van der Waals surface area contributed by atoms with E-state index in [1.54, 1.807) is 13.8 Å². The maximum absolute atomic E-state index is 12.4. The van der Waals surface area contributed by atoms with E-state index in [1.165, 1.54) is 0 Å². The van der Waals surface area contributed by atoms with Gasteiger partial charge in [-0.05, 0) is 31.2 Å². The Hall–Kier alpha value is -1.36. The van der Waals surface area contributed by atoms with Crippen LogP contribution < -0.4 is 0 Å². The minimum Gasteiger partial charge on any atom is -0.480 e. The number of aryl methyl sites for hydroxylation is 1. The summed E-state index contributed by atoms with van der Waals surface area (Å²) in [6.07, 6.45) is 1.30. The van der Waals surface area contributed by atoms with E-state index in [4.69, 9.17) is 0 Å². The summed E-state index contributed by atoms with van der Waals surface area (Å²) in [5.74, 6) is -1.32. The smallest absolute Gasteiger partial charge is 0.325 e. The average Bonchev–Trinajstić information content (AvgIpc) is 2.41. The van der Waals surface area contributed by atoms with Crippen molar-refractivity contribution in [1.82, 2.24) is 0 Å². The van der Waals surface area contributed by atoms with Gasteiger partial charge in [-0.3, -0.25) is 4.79 Å². The van der Waals surface area contributed by atoms with Gasteiger partial charge in [0.15, 0.2) is 14.6 Å². The number of benzene rings is 1. The van der Waals surface area contributed by atoms with Crippen molar-refractivity contribution in [3.05, 3.63) is 35.9 Å². The number of hydrogen-bond donors (Lipinski definition) is 1. The summed E-state index contributed by atoms with van der Waals surface area (Å²) >= 11 is 0. The van der Waals surface area contributed by atoms with E-state index < -0.39 is 20.6 Å². The minimum atomic E-state index is -3.65. The second-order valence-electron chi connectivity index (χ2n) is 4.91. The molecule has 1 aromatic rings. The highest BCUT2D eigenvalue weighted by atomic mass is 32.2. The number of hydrogen-bond acceptors (Lipinski definition) is 3. The molecule has 1 N–H and O–H groups in total. The van der Waals surface area contributed by atoms with Crippen LogP contribution in [0.5, 0.6) is 0 Å². The van der Waals surface area contributed by atoms with Crippen molar-refractivity contribution < 1.29 is 18.3 Å². The first-order valence-electron chi connectivity index (χ1n) is 6.89. The molecule has 0 fully saturated rings. The fourth-order valence-corrected chi connectivity index (χ4v) is 4.49. The van der Waals surface area contributed by atoms with E-state index in [9.17, 15) is 18.3 Å². The van der Waals surface area contributed by atoms with Crippen LogP contribution in [0.25, 0.3) is 0 Å². The minimum absolute atomic E-state index is 0.0874. The predicted molar refractivity (Wildman–Crippen MR) is 79.5 cm³/mol. The van der Waals surface area contributed by atoms with Crippen LogP contribution >= 0.6 is 0 Å². The van der Waals surface area contributed by atoms with E-state index in [2.05, 4.69) is 0 Å². The standard InChI is InChI=1S/C15H22O4S/c1-3-15(4-2,14(16)17)20(18,19)12-8-11-13-9-6-5-7-10-13/h5-7,9-10H,3-4,8,11-12H2,1-2H3,(H,16,17). The van der Waals surface area contributed by atoms with E-state index in [0.29, 0.717) is 12.8 Å². The van der Waals surface area contributed by atoms with Gasteiger partial charge in [-0.1, -0.05) is 44.2 Å². The molecule has 0 saturated heterocycles. The van der Waals surface area contributed by atoms with Crippen LogP contribution in [0.1, 0.15) is 38.7 Å². The van der Waals surface area contributed by atoms with Crippen molar-refractivity contribution in [2.75, 3.05) is 5.75 Å². The second-order valence-corrected chi connectivity index (χ2v) is 7.33. The highest BCUT2D eigenvalue weighted by molar-refractivity contribution is 7.93. The van der Waals surface area contributed by atoms with Crippen molar-refractivity contribution in [2.45, 2.75) is 44.3 Å². The molecule has 0 saturated carbocycles. The Morgan fingerprint density at radius 2 is 1.70 bits per heavy atom. The summed E-state index contributed by atoms with van der Waals surface area (Å²) in [6, 6.07) is 9.60. The zero-order valence-corrected chi connectivity index (χ0v) is 12.8. The molecule has 0 amide bonds. The predicted octanol–water partition coefficient (Wildman–Crippen LogP) is 2.68. The summed E-state index contributed by atoms with van der Waals surface area (Å²) in [6.45, 7) is 3.23. The third kappa shape index (κ3) is 3.39. The van der Waals surface area contributed by atoms with E-state index >= 15 is 0 Å². The maximum atomic E-state index is 12.4. The molecule has 0 atom stereocenters. The third-order valence-electron chi connectivity index (χ3n) is 3.85. The molecule has 20 heavy (non-hydrogen) atoms. The second kappa shape index (κ2) is 6.88. The average molecular weight is 298 g/mol. The van der Waals surface area contributed by atoms with Gasteiger partial charge in [-0.2, -0.15) is 0 Å². The van der Waals surface area contributed by atoms with Gasteiger partial charge in [0.25, 0.3) is 0 Å². The van der Waals surface area contributed by atoms with E-state index in [0.717, 1.165) is 5.56 Å². The number of rotatable bonds is 8. The Morgan fingerprint density at radius 1 is 1.15 bits per heavy atom. The van der Waals surface area contributed by atoms with Crippen molar-refractivity contribution in [3.8, 4) is 0 Å². The number of carboxylic acid groups (broad SMARTS) is 1. The zero-order valence-electron chi connectivity index (χ0n) is 12.0. The normalized spacial score (nSPS) is 12.3. The summed E-state index contributed by atoms with van der Waals surface area (Å²) < 4.78 is 23.1. The van der Waals surface area contributed by atoms with Crippen LogP contribution in [0.4, 0.5) is 0 Å². The number of aliphatic carboxylic acids is 1. The zero-order chi connectivity index (χ0) is 15.2. The van der Waals surface area contributed by atoms with Crippen molar-refractivity contribution >= 4 is 15.8 Å². The first-order chi connectivity index (χ1) is 9.39. The molecule has 0 unspecified atom stereocenters. The lowest BCUT2D eigenvalue weighted by atomic mass is 10.0. The lowest BCUT2D eigenvalue weighted by Gasteiger charge is -2.26. The van der Waals surface area contributed by atoms with Crippen molar-refractivity contribution in [2.24, 2.45) is 0 Å². The van der Waals surface area contributed by atoms with Gasteiger partial charge in [-0.25, -0.2) is 8.42 Å². The van der Waals surface area contributed by atoms with Crippen LogP contribution in [0.15, 0.2) is 30.3 Å². The summed E-state index contributed by atoms with van der Waals surface area (Å²) in [4.78, 5) is 11.4. The molecule has 5 heteroatoms. The molecule has 1 aromatic carbocycles. The van der Waals surface area contributed by atoms with Crippen molar-refractivity contribution in [1.29, 1.82) is 0 Å². The molecule has 0 aromatic heterocycles. The van der Waals surface area contributed by atoms with Crippen LogP contribution in [-0.2, 0) is 21.1 Å². The molecule has 0 aliphatic heterocycles. The van der Waals surface area contributed by atoms with E-state index in [-0.39, 0.29) is 18.6 Å². The Bertz CT molecular complexity index is 530. The third-order valence-corrected chi connectivity index (χ3v) is 6.62. The van der Waals surface area contributed by atoms with Crippen LogP contribution in [0.3, 0.4) is 0 Å². The van der Waals surface area contributed by atoms with E-state index in [1.807, 2.05) is 30.3 Å². The monoisotopic (exact) mass is 298 g/mol. The number of carboxylic acids is 1. The Morgan fingerprint density at radius 3 is 2.15 bits per heavy atom. The summed E-state index contributed by atoms with van der Waals surface area (Å²) in [5, 5.41) is 9.30.